The van der Waals surface area contributed by atoms with Crippen LogP contribution in [0.15, 0.2) is 41.4 Å². The van der Waals surface area contributed by atoms with Crippen LogP contribution in [0.3, 0.4) is 0 Å². The molecule has 2 atom stereocenters. The van der Waals surface area contributed by atoms with Gasteiger partial charge < -0.3 is 0 Å². The lowest BCUT2D eigenvalue weighted by atomic mass is 9.87. The first-order valence-electron chi connectivity index (χ1n) is 10.1. The highest BCUT2D eigenvalue weighted by Crippen LogP contribution is 2.30. The Hall–Kier alpha value is -1.31. The van der Waals surface area contributed by atoms with Crippen molar-refractivity contribution in [3.8, 4) is 0 Å². The van der Waals surface area contributed by atoms with Crippen LogP contribution in [0.25, 0.3) is 0 Å². The molecule has 0 bridgehead atoms. The Balaban J connectivity index is 1.80. The molecule has 142 valence electrons. The van der Waals surface area contributed by atoms with Crippen molar-refractivity contribution in [3.05, 3.63) is 47.5 Å². The van der Waals surface area contributed by atoms with Gasteiger partial charge in [-0.15, -0.1) is 0 Å². The second-order valence-corrected chi connectivity index (χ2v) is 8.58. The highest BCUT2D eigenvalue weighted by Gasteiger charge is 2.29. The van der Waals surface area contributed by atoms with Crippen LogP contribution in [-0.2, 0) is 17.4 Å². The zero-order chi connectivity index (χ0) is 18.7. The maximum Gasteiger partial charge on any atom is 0.505 e. The van der Waals surface area contributed by atoms with E-state index in [2.05, 4.69) is 42.3 Å². The first-order valence-corrected chi connectivity index (χ1v) is 11.5. The van der Waals surface area contributed by atoms with Gasteiger partial charge in [0.25, 0.3) is 0 Å². The molecule has 0 amide bonds. The second kappa shape index (κ2) is 11.4. The van der Waals surface area contributed by atoms with Crippen molar-refractivity contribution in [2.45, 2.75) is 76.7 Å². The van der Waals surface area contributed by atoms with Crippen molar-refractivity contribution in [1.82, 2.24) is 0 Å². The van der Waals surface area contributed by atoms with Crippen LogP contribution in [0.1, 0.15) is 69.4 Å². The number of aryl methyl sites for hydroxylation is 1. The lowest BCUT2D eigenvalue weighted by molar-refractivity contribution is 0.472. The van der Waals surface area contributed by atoms with E-state index in [1.54, 1.807) is 0 Å². The Kier molecular flexibility index (Phi) is 9.22. The molecule has 0 fully saturated rings. The summed E-state index contributed by atoms with van der Waals surface area (Å²) in [6.45, 7) is 2.26. The summed E-state index contributed by atoms with van der Waals surface area (Å²) in [6, 6.07) is 8.95. The van der Waals surface area contributed by atoms with Gasteiger partial charge in [0.2, 0.25) is 0 Å². The molecule has 1 aliphatic heterocycles. The van der Waals surface area contributed by atoms with E-state index in [0.717, 1.165) is 19.3 Å². The molecule has 1 aliphatic rings. The molecule has 1 aromatic rings. The van der Waals surface area contributed by atoms with Gasteiger partial charge >= 0.3 is 8.03 Å². The molecular weight excluding hydrogens is 341 g/mol. The average Bonchev–Trinajstić information content (AvgIpc) is 3.07. The van der Waals surface area contributed by atoms with Crippen molar-refractivity contribution in [2.75, 3.05) is 6.16 Å². The van der Waals surface area contributed by atoms with E-state index >= 15 is 0 Å². The van der Waals surface area contributed by atoms with Crippen LogP contribution in [0, 0.1) is 0 Å². The molecule has 1 N–H and O–H groups in total. The van der Waals surface area contributed by atoms with Crippen LogP contribution in [0.2, 0.25) is 0 Å². The molecule has 0 aliphatic carbocycles. The molecule has 0 radical (unpaired) electrons. The zero-order valence-corrected chi connectivity index (χ0v) is 17.0. The average molecular weight is 374 g/mol. The smallest absolute Gasteiger partial charge is 0.282 e. The molecular formula is C22H33NO2P+. The third kappa shape index (κ3) is 7.51. The minimum Gasteiger partial charge on any atom is -0.282 e. The number of allylic oxidation sites excluding steroid dienone is 1. The van der Waals surface area contributed by atoms with Gasteiger partial charge in [0.1, 0.15) is 0 Å². The van der Waals surface area contributed by atoms with Gasteiger partial charge in [-0.25, -0.2) is 0 Å². The predicted octanol–water partition coefficient (Wildman–Crippen LogP) is 6.03. The summed E-state index contributed by atoms with van der Waals surface area (Å²) >= 11 is 0. The minimum absolute atomic E-state index is 0.230. The number of aliphatic imine (C=N–C) groups is 1. The molecule has 26 heavy (non-hydrogen) atoms. The quantitative estimate of drug-likeness (QED) is 0.339. The van der Waals surface area contributed by atoms with Crippen LogP contribution >= 0.6 is 8.03 Å². The van der Waals surface area contributed by atoms with Crippen molar-refractivity contribution >= 4 is 14.2 Å². The van der Waals surface area contributed by atoms with Crippen LogP contribution in [0.5, 0.6) is 0 Å². The summed E-state index contributed by atoms with van der Waals surface area (Å²) in [5, 5.41) is 0. The van der Waals surface area contributed by atoms with Crippen molar-refractivity contribution in [2.24, 2.45) is 4.99 Å². The van der Waals surface area contributed by atoms with E-state index in [9.17, 15) is 4.57 Å². The van der Waals surface area contributed by atoms with Gasteiger partial charge in [-0.1, -0.05) is 69.4 Å². The van der Waals surface area contributed by atoms with E-state index in [4.69, 9.17) is 4.89 Å². The number of rotatable bonds is 13. The summed E-state index contributed by atoms with van der Waals surface area (Å²) in [4.78, 5) is 13.7. The fraction of sp³-hybridized carbons (Fsp3) is 0.591. The van der Waals surface area contributed by atoms with Gasteiger partial charge in [0, 0.05) is 12.6 Å². The van der Waals surface area contributed by atoms with Gasteiger partial charge in [0.05, 0.1) is 5.54 Å². The van der Waals surface area contributed by atoms with Crippen LogP contribution in [-0.4, -0.2) is 22.8 Å². The standard InChI is InChI=1S/C22H32NO2P/c1-2-3-4-5-6-7-10-20-11-13-21(14-12-20)19-22(15-8-17-23-22)16-9-18-26(24)25/h8,11-15,17H,2-7,9-10,16,18-19H2,1H3/p+1. The molecule has 0 aromatic heterocycles. The summed E-state index contributed by atoms with van der Waals surface area (Å²) in [5.41, 5.74) is 2.47. The summed E-state index contributed by atoms with van der Waals surface area (Å²) in [7, 11) is -2.04. The topological polar surface area (TPSA) is 49.7 Å². The van der Waals surface area contributed by atoms with Crippen molar-refractivity contribution in [3.63, 3.8) is 0 Å². The molecule has 0 saturated carbocycles. The summed E-state index contributed by atoms with van der Waals surface area (Å²) < 4.78 is 10.9. The van der Waals surface area contributed by atoms with Gasteiger partial charge in [0.15, 0.2) is 6.16 Å². The van der Waals surface area contributed by atoms with Gasteiger partial charge in [-0.2, -0.15) is 4.89 Å². The zero-order valence-electron chi connectivity index (χ0n) is 16.1. The lowest BCUT2D eigenvalue weighted by Gasteiger charge is -2.24. The van der Waals surface area contributed by atoms with E-state index in [-0.39, 0.29) is 5.54 Å². The molecule has 0 saturated heterocycles. The SMILES string of the molecule is CCCCCCCCc1ccc(CC2(CCC[P+](=O)O)C=CC=N2)cc1. The third-order valence-electron chi connectivity index (χ3n) is 5.14. The molecule has 2 unspecified atom stereocenters. The number of hydrogen-bond donors (Lipinski definition) is 1. The van der Waals surface area contributed by atoms with E-state index in [1.807, 2.05) is 12.3 Å². The largest absolute Gasteiger partial charge is 0.505 e. The van der Waals surface area contributed by atoms with Crippen molar-refractivity contribution in [1.29, 1.82) is 0 Å². The maximum atomic E-state index is 10.9. The molecule has 3 nitrogen and oxygen atoms in total. The Bertz CT molecular complexity index is 595. The Morgan fingerprint density at radius 2 is 1.69 bits per heavy atom. The van der Waals surface area contributed by atoms with E-state index < -0.39 is 8.03 Å². The molecule has 2 rings (SSSR count). The molecule has 1 heterocycles. The summed E-state index contributed by atoms with van der Waals surface area (Å²) in [5.74, 6) is 0. The first-order chi connectivity index (χ1) is 12.6. The Morgan fingerprint density at radius 3 is 2.35 bits per heavy atom. The normalized spacial score (nSPS) is 19.2. The Labute approximate surface area is 159 Å². The third-order valence-corrected chi connectivity index (χ3v) is 5.83. The first kappa shape index (κ1) is 21.0. The van der Waals surface area contributed by atoms with Crippen LogP contribution < -0.4 is 0 Å². The fourth-order valence-electron chi connectivity index (χ4n) is 3.60. The van der Waals surface area contributed by atoms with E-state index in [0.29, 0.717) is 6.16 Å². The van der Waals surface area contributed by atoms with E-state index in [1.165, 1.54) is 56.1 Å². The lowest BCUT2D eigenvalue weighted by Crippen LogP contribution is -2.25. The Morgan fingerprint density at radius 1 is 1.00 bits per heavy atom. The predicted molar refractivity (Wildman–Crippen MR) is 112 cm³/mol. The monoisotopic (exact) mass is 374 g/mol. The number of benzene rings is 1. The molecule has 4 heteroatoms. The van der Waals surface area contributed by atoms with Gasteiger partial charge in [-0.05, 0) is 47.5 Å². The minimum atomic E-state index is -2.04. The molecule has 1 aromatic carbocycles. The van der Waals surface area contributed by atoms with Crippen molar-refractivity contribution < 1.29 is 9.46 Å². The summed E-state index contributed by atoms with van der Waals surface area (Å²) in [6.07, 6.45) is 17.9. The van der Waals surface area contributed by atoms with Crippen LogP contribution in [0.4, 0.5) is 0 Å². The highest BCUT2D eigenvalue weighted by atomic mass is 31.1. The fourth-order valence-corrected chi connectivity index (χ4v) is 4.03. The second-order valence-electron chi connectivity index (χ2n) is 7.43. The van der Waals surface area contributed by atoms with Gasteiger partial charge in [-0.3, -0.25) is 4.99 Å². The number of nitrogens with zero attached hydrogens (tertiary/aromatic N) is 1. The number of unbranched alkanes of at least 4 members (excludes halogenated alkanes) is 5. The maximum absolute atomic E-state index is 10.9. The number of hydrogen-bond acceptors (Lipinski definition) is 2. The highest BCUT2D eigenvalue weighted by molar-refractivity contribution is 7.37. The molecule has 0 spiro atoms.